The van der Waals surface area contributed by atoms with Crippen LogP contribution in [0.1, 0.15) is 39.5 Å². The molecule has 21 heavy (non-hydrogen) atoms. The van der Waals surface area contributed by atoms with E-state index < -0.39 is 12.0 Å². The molecule has 0 aromatic rings. The summed E-state index contributed by atoms with van der Waals surface area (Å²) >= 11 is 0. The first-order chi connectivity index (χ1) is 9.96. The maximum absolute atomic E-state index is 12.7. The number of amides is 2. The minimum Gasteiger partial charge on any atom is -0.480 e. The number of methoxy groups -OCH3 is 1. The Bertz CT molecular complexity index is 408. The SMILES string of the molecule is CCC1(CC)CCN(C(=O)N2CC(OC)CC2C(=O)O)C1. The Morgan fingerprint density at radius 3 is 2.48 bits per heavy atom. The van der Waals surface area contributed by atoms with Gasteiger partial charge in [-0.25, -0.2) is 9.59 Å². The number of hydrogen-bond donors (Lipinski definition) is 1. The van der Waals surface area contributed by atoms with E-state index in [1.165, 1.54) is 4.90 Å². The fourth-order valence-electron chi connectivity index (χ4n) is 3.52. The number of carbonyl (C=O) groups excluding carboxylic acids is 1. The van der Waals surface area contributed by atoms with Crippen LogP contribution >= 0.6 is 0 Å². The molecule has 2 aliphatic heterocycles. The van der Waals surface area contributed by atoms with Crippen molar-refractivity contribution in [2.75, 3.05) is 26.7 Å². The summed E-state index contributed by atoms with van der Waals surface area (Å²) < 4.78 is 5.24. The number of ether oxygens (including phenoxy) is 1. The van der Waals surface area contributed by atoms with Crippen LogP contribution in [0, 0.1) is 5.41 Å². The van der Waals surface area contributed by atoms with Gasteiger partial charge in [0.1, 0.15) is 6.04 Å². The molecule has 2 saturated heterocycles. The van der Waals surface area contributed by atoms with Crippen LogP contribution in [0.5, 0.6) is 0 Å². The average Bonchev–Trinajstić information content (AvgIpc) is 3.11. The number of likely N-dealkylation sites (tertiary alicyclic amines) is 2. The van der Waals surface area contributed by atoms with Gasteiger partial charge in [-0.05, 0) is 24.7 Å². The molecule has 2 atom stereocenters. The Labute approximate surface area is 126 Å². The van der Waals surface area contributed by atoms with Crippen molar-refractivity contribution in [3.63, 3.8) is 0 Å². The number of urea groups is 1. The molecule has 2 rings (SSSR count). The molecule has 0 spiro atoms. The molecule has 2 fully saturated rings. The molecule has 0 radical (unpaired) electrons. The van der Waals surface area contributed by atoms with Crippen LogP contribution in [0.25, 0.3) is 0 Å². The zero-order valence-corrected chi connectivity index (χ0v) is 13.2. The fourth-order valence-corrected chi connectivity index (χ4v) is 3.52. The van der Waals surface area contributed by atoms with Gasteiger partial charge in [-0.15, -0.1) is 0 Å². The third-order valence-electron chi connectivity index (χ3n) is 5.34. The van der Waals surface area contributed by atoms with Gasteiger partial charge in [0.15, 0.2) is 0 Å². The highest BCUT2D eigenvalue weighted by Gasteiger charge is 2.44. The van der Waals surface area contributed by atoms with Crippen molar-refractivity contribution >= 4 is 12.0 Å². The Balaban J connectivity index is 2.07. The van der Waals surface area contributed by atoms with Gasteiger partial charge in [-0.1, -0.05) is 13.8 Å². The minimum atomic E-state index is -0.945. The number of aliphatic carboxylic acids is 1. The highest BCUT2D eigenvalue weighted by atomic mass is 16.5. The van der Waals surface area contributed by atoms with E-state index in [0.717, 1.165) is 32.4 Å². The summed E-state index contributed by atoms with van der Waals surface area (Å²) in [5.74, 6) is -0.945. The van der Waals surface area contributed by atoms with Gasteiger partial charge in [-0.2, -0.15) is 0 Å². The maximum Gasteiger partial charge on any atom is 0.326 e. The van der Waals surface area contributed by atoms with Gasteiger partial charge >= 0.3 is 12.0 Å². The van der Waals surface area contributed by atoms with E-state index in [0.29, 0.717) is 13.0 Å². The molecule has 2 heterocycles. The van der Waals surface area contributed by atoms with Crippen LogP contribution in [-0.4, -0.2) is 65.8 Å². The van der Waals surface area contributed by atoms with Gasteiger partial charge < -0.3 is 19.6 Å². The first kappa shape index (κ1) is 16.1. The van der Waals surface area contributed by atoms with E-state index in [1.54, 1.807) is 7.11 Å². The molecule has 0 aromatic carbocycles. The minimum absolute atomic E-state index is 0.147. The van der Waals surface area contributed by atoms with Crippen LogP contribution in [0.3, 0.4) is 0 Å². The summed E-state index contributed by atoms with van der Waals surface area (Å²) in [5.41, 5.74) is 0.203. The van der Waals surface area contributed by atoms with Crippen LogP contribution in [-0.2, 0) is 9.53 Å². The summed E-state index contributed by atoms with van der Waals surface area (Å²) in [5, 5.41) is 9.32. The second kappa shape index (κ2) is 6.22. The van der Waals surface area contributed by atoms with Crippen molar-refractivity contribution in [3.05, 3.63) is 0 Å². The van der Waals surface area contributed by atoms with E-state index in [9.17, 15) is 14.7 Å². The van der Waals surface area contributed by atoms with Gasteiger partial charge in [0.2, 0.25) is 0 Å². The molecule has 2 aliphatic rings. The molecule has 1 N–H and O–H groups in total. The summed E-state index contributed by atoms with van der Waals surface area (Å²) in [4.78, 5) is 27.3. The van der Waals surface area contributed by atoms with Crippen LogP contribution < -0.4 is 0 Å². The molecule has 0 bridgehead atoms. The monoisotopic (exact) mass is 298 g/mol. The number of carbonyl (C=O) groups is 2. The highest BCUT2D eigenvalue weighted by Crippen LogP contribution is 2.38. The van der Waals surface area contributed by atoms with E-state index in [2.05, 4.69) is 13.8 Å². The molecule has 120 valence electrons. The number of nitrogens with zero attached hydrogens (tertiary/aromatic N) is 2. The zero-order valence-electron chi connectivity index (χ0n) is 13.2. The van der Waals surface area contributed by atoms with E-state index in [1.807, 2.05) is 4.90 Å². The van der Waals surface area contributed by atoms with E-state index >= 15 is 0 Å². The fraction of sp³-hybridized carbons (Fsp3) is 0.867. The average molecular weight is 298 g/mol. The molecular formula is C15H26N2O4. The molecule has 0 aromatic heterocycles. The Morgan fingerprint density at radius 2 is 2.00 bits per heavy atom. The smallest absolute Gasteiger partial charge is 0.326 e. The molecule has 2 unspecified atom stereocenters. The van der Waals surface area contributed by atoms with Crippen molar-refractivity contribution in [2.24, 2.45) is 5.41 Å². The summed E-state index contributed by atoms with van der Waals surface area (Å²) in [7, 11) is 1.56. The quantitative estimate of drug-likeness (QED) is 0.859. The molecule has 2 amide bonds. The van der Waals surface area contributed by atoms with Crippen molar-refractivity contribution in [2.45, 2.75) is 51.7 Å². The molecule has 0 aliphatic carbocycles. The lowest BCUT2D eigenvalue weighted by Gasteiger charge is -2.30. The van der Waals surface area contributed by atoms with Crippen molar-refractivity contribution in [1.82, 2.24) is 9.80 Å². The predicted octanol–water partition coefficient (Wildman–Crippen LogP) is 1.79. The summed E-state index contributed by atoms with van der Waals surface area (Å²) in [6.07, 6.45) is 3.30. The van der Waals surface area contributed by atoms with Crippen LogP contribution in [0.4, 0.5) is 4.79 Å². The lowest BCUT2D eigenvalue weighted by molar-refractivity contribution is -0.141. The molecule has 6 heteroatoms. The summed E-state index contributed by atoms with van der Waals surface area (Å²) in [6, 6.07) is -0.911. The number of rotatable bonds is 4. The molecular weight excluding hydrogens is 272 g/mol. The third kappa shape index (κ3) is 3.00. The first-order valence-corrected chi connectivity index (χ1v) is 7.77. The predicted molar refractivity (Wildman–Crippen MR) is 78.1 cm³/mol. The topological polar surface area (TPSA) is 70.1 Å². The second-order valence-electron chi connectivity index (χ2n) is 6.26. The van der Waals surface area contributed by atoms with Crippen LogP contribution in [0.15, 0.2) is 0 Å². The molecule has 0 saturated carbocycles. The van der Waals surface area contributed by atoms with Gasteiger partial charge in [0.05, 0.1) is 6.10 Å². The lowest BCUT2D eigenvalue weighted by atomic mass is 9.82. The van der Waals surface area contributed by atoms with E-state index in [-0.39, 0.29) is 17.6 Å². The first-order valence-electron chi connectivity index (χ1n) is 7.77. The van der Waals surface area contributed by atoms with Crippen molar-refractivity contribution in [1.29, 1.82) is 0 Å². The van der Waals surface area contributed by atoms with Gasteiger partial charge in [0, 0.05) is 33.2 Å². The van der Waals surface area contributed by atoms with Gasteiger partial charge in [-0.3, -0.25) is 0 Å². The van der Waals surface area contributed by atoms with Crippen molar-refractivity contribution in [3.8, 4) is 0 Å². The largest absolute Gasteiger partial charge is 0.480 e. The number of carboxylic acid groups (broad SMARTS) is 1. The Morgan fingerprint density at radius 1 is 1.33 bits per heavy atom. The normalized spacial score (nSPS) is 28.1. The highest BCUT2D eigenvalue weighted by molar-refractivity contribution is 5.83. The van der Waals surface area contributed by atoms with Gasteiger partial charge in [0.25, 0.3) is 0 Å². The van der Waals surface area contributed by atoms with Crippen LogP contribution in [0.2, 0.25) is 0 Å². The zero-order chi connectivity index (χ0) is 15.6. The third-order valence-corrected chi connectivity index (χ3v) is 5.34. The lowest BCUT2D eigenvalue weighted by Crippen LogP contribution is -2.48. The standard InChI is InChI=1S/C15H26N2O4/c1-4-15(5-2)6-7-16(10-15)14(20)17-9-11(21-3)8-12(17)13(18)19/h11-12H,4-10H2,1-3H3,(H,18,19). The number of hydrogen-bond acceptors (Lipinski definition) is 3. The van der Waals surface area contributed by atoms with Crippen molar-refractivity contribution < 1.29 is 19.4 Å². The number of carboxylic acids is 1. The Kier molecular flexibility index (Phi) is 4.76. The Hall–Kier alpha value is -1.30. The molecule has 6 nitrogen and oxygen atoms in total. The second-order valence-corrected chi connectivity index (χ2v) is 6.26. The maximum atomic E-state index is 12.7. The van der Waals surface area contributed by atoms with E-state index in [4.69, 9.17) is 4.74 Å². The summed E-state index contributed by atoms with van der Waals surface area (Å²) in [6.45, 7) is 6.15.